The number of nitrogen functional groups attached to an aromatic ring is 1. The number of amides is 1. The molecule has 6 heteroatoms. The Bertz CT molecular complexity index is 677. The molecule has 0 aliphatic heterocycles. The maximum Gasteiger partial charge on any atom is 0.255 e. The zero-order valence-corrected chi connectivity index (χ0v) is 11.6. The van der Waals surface area contributed by atoms with Crippen LogP contribution in [0.15, 0.2) is 41.3 Å². The molecule has 0 saturated heterocycles. The summed E-state index contributed by atoms with van der Waals surface area (Å²) in [5.41, 5.74) is 7.23. The molecular weight excluding hydrogens is 278 g/mol. The summed E-state index contributed by atoms with van der Waals surface area (Å²) in [6.07, 6.45) is 1.39. The molecule has 104 valence electrons. The van der Waals surface area contributed by atoms with Crippen LogP contribution in [0.4, 0.5) is 5.69 Å². The second kappa shape index (κ2) is 5.79. The zero-order valence-electron chi connectivity index (χ0n) is 10.9. The first-order valence-electron chi connectivity index (χ1n) is 5.95. The van der Waals surface area contributed by atoms with Crippen molar-refractivity contribution in [3.05, 3.63) is 63.0 Å². The smallest absolute Gasteiger partial charge is 0.255 e. The van der Waals surface area contributed by atoms with Gasteiger partial charge in [0.05, 0.1) is 5.56 Å². The van der Waals surface area contributed by atoms with Gasteiger partial charge in [0.25, 0.3) is 5.91 Å². The molecule has 0 spiro atoms. The van der Waals surface area contributed by atoms with Crippen LogP contribution in [0.1, 0.15) is 15.9 Å². The van der Waals surface area contributed by atoms with Crippen LogP contribution in [-0.2, 0) is 6.54 Å². The average Bonchev–Trinajstić information content (AvgIpc) is 2.43. The van der Waals surface area contributed by atoms with E-state index < -0.39 is 0 Å². The molecule has 1 amide bonds. The predicted octanol–water partition coefficient (Wildman–Crippen LogP) is 1.88. The lowest BCUT2D eigenvalue weighted by molar-refractivity contribution is 0.0784. The first-order chi connectivity index (χ1) is 9.47. The van der Waals surface area contributed by atoms with E-state index in [2.05, 4.69) is 4.98 Å². The Kier molecular flexibility index (Phi) is 4.10. The quantitative estimate of drug-likeness (QED) is 0.848. The number of carbonyl (C=O) groups is 1. The predicted molar refractivity (Wildman–Crippen MR) is 78.7 cm³/mol. The minimum Gasteiger partial charge on any atom is -0.399 e. The molecule has 3 N–H and O–H groups in total. The van der Waals surface area contributed by atoms with Crippen LogP contribution in [0, 0.1) is 0 Å². The van der Waals surface area contributed by atoms with Crippen LogP contribution in [-0.4, -0.2) is 22.8 Å². The molecule has 0 radical (unpaired) electrons. The number of nitrogens with zero attached hydrogens (tertiary/aromatic N) is 1. The van der Waals surface area contributed by atoms with Crippen molar-refractivity contribution < 1.29 is 4.79 Å². The van der Waals surface area contributed by atoms with Gasteiger partial charge in [0, 0.05) is 36.6 Å². The lowest BCUT2D eigenvalue weighted by Crippen LogP contribution is -2.27. The minimum absolute atomic E-state index is 0.209. The molecule has 5 nitrogen and oxygen atoms in total. The van der Waals surface area contributed by atoms with Crippen LogP contribution in [0.25, 0.3) is 0 Å². The number of nitrogens with two attached hydrogens (primary N) is 1. The largest absolute Gasteiger partial charge is 0.399 e. The fourth-order valence-electron chi connectivity index (χ4n) is 1.81. The van der Waals surface area contributed by atoms with Gasteiger partial charge in [0.2, 0.25) is 5.56 Å². The number of benzene rings is 1. The van der Waals surface area contributed by atoms with Crippen LogP contribution in [0.3, 0.4) is 0 Å². The lowest BCUT2D eigenvalue weighted by Gasteiger charge is -2.18. The highest BCUT2D eigenvalue weighted by Gasteiger charge is 2.13. The molecular formula is C14H14ClN3O2. The third-order valence-electron chi connectivity index (χ3n) is 2.86. The highest BCUT2D eigenvalue weighted by Crippen LogP contribution is 2.20. The molecule has 2 aromatic rings. The molecule has 1 aromatic heterocycles. The van der Waals surface area contributed by atoms with E-state index in [1.165, 1.54) is 23.2 Å². The number of halogens is 1. The van der Waals surface area contributed by atoms with E-state index in [4.69, 9.17) is 17.3 Å². The van der Waals surface area contributed by atoms with Crippen molar-refractivity contribution in [1.82, 2.24) is 9.88 Å². The highest BCUT2D eigenvalue weighted by atomic mass is 35.5. The van der Waals surface area contributed by atoms with Crippen molar-refractivity contribution >= 4 is 23.2 Å². The molecule has 0 bridgehead atoms. The first-order valence-corrected chi connectivity index (χ1v) is 6.33. The number of nitrogens with one attached hydrogen (secondary N) is 1. The van der Waals surface area contributed by atoms with Crippen molar-refractivity contribution in [3.8, 4) is 0 Å². The Hall–Kier alpha value is -2.27. The number of hydrogen-bond acceptors (Lipinski definition) is 3. The van der Waals surface area contributed by atoms with E-state index in [-0.39, 0.29) is 11.5 Å². The molecule has 0 atom stereocenters. The molecule has 0 unspecified atom stereocenters. The van der Waals surface area contributed by atoms with Gasteiger partial charge < -0.3 is 15.6 Å². The van der Waals surface area contributed by atoms with Gasteiger partial charge in [-0.3, -0.25) is 9.59 Å². The maximum absolute atomic E-state index is 12.2. The number of aromatic amines is 1. The summed E-state index contributed by atoms with van der Waals surface area (Å²) in [6.45, 7) is 0.335. The van der Waals surface area contributed by atoms with Gasteiger partial charge in [0.15, 0.2) is 0 Å². The number of aromatic nitrogens is 1. The van der Waals surface area contributed by atoms with Crippen molar-refractivity contribution in [2.45, 2.75) is 6.54 Å². The third-order valence-corrected chi connectivity index (χ3v) is 3.22. The van der Waals surface area contributed by atoms with Gasteiger partial charge in [-0.15, -0.1) is 0 Å². The van der Waals surface area contributed by atoms with Crippen LogP contribution in [0.5, 0.6) is 0 Å². The molecule has 0 saturated carbocycles. The van der Waals surface area contributed by atoms with Crippen molar-refractivity contribution in [1.29, 1.82) is 0 Å². The van der Waals surface area contributed by atoms with Crippen LogP contribution in [0.2, 0.25) is 5.02 Å². The van der Waals surface area contributed by atoms with Gasteiger partial charge in [-0.1, -0.05) is 11.6 Å². The fraction of sp³-hybridized carbons (Fsp3) is 0.143. The summed E-state index contributed by atoms with van der Waals surface area (Å²) in [5, 5.41) is 0.556. The second-order valence-electron chi connectivity index (χ2n) is 4.45. The summed E-state index contributed by atoms with van der Waals surface area (Å²) in [5.74, 6) is -0.209. The molecule has 0 fully saturated rings. The van der Waals surface area contributed by atoms with Crippen molar-refractivity contribution in [2.75, 3.05) is 12.8 Å². The Balaban J connectivity index is 2.17. The summed E-state index contributed by atoms with van der Waals surface area (Å²) < 4.78 is 0. The topological polar surface area (TPSA) is 79.2 Å². The Morgan fingerprint density at radius 1 is 1.35 bits per heavy atom. The molecule has 2 rings (SSSR count). The van der Waals surface area contributed by atoms with Crippen molar-refractivity contribution in [3.63, 3.8) is 0 Å². The number of rotatable bonds is 3. The second-order valence-corrected chi connectivity index (χ2v) is 4.86. The summed E-state index contributed by atoms with van der Waals surface area (Å²) >= 11 is 6.07. The van der Waals surface area contributed by atoms with Gasteiger partial charge >= 0.3 is 0 Å². The normalized spacial score (nSPS) is 10.3. The van der Waals surface area contributed by atoms with Gasteiger partial charge in [-0.25, -0.2) is 0 Å². The van der Waals surface area contributed by atoms with Crippen molar-refractivity contribution in [2.24, 2.45) is 0 Å². The van der Waals surface area contributed by atoms with Gasteiger partial charge in [0.1, 0.15) is 0 Å². The summed E-state index contributed by atoms with van der Waals surface area (Å²) in [4.78, 5) is 27.1. The van der Waals surface area contributed by atoms with Gasteiger partial charge in [-0.2, -0.15) is 0 Å². The average molecular weight is 292 g/mol. The number of hydrogen-bond donors (Lipinski definition) is 2. The Morgan fingerprint density at radius 3 is 2.75 bits per heavy atom. The third kappa shape index (κ3) is 3.19. The minimum atomic E-state index is -0.247. The summed E-state index contributed by atoms with van der Waals surface area (Å²) in [6, 6.07) is 7.94. The first kappa shape index (κ1) is 14.1. The van der Waals surface area contributed by atoms with E-state index >= 15 is 0 Å². The molecule has 1 heterocycles. The zero-order chi connectivity index (χ0) is 14.7. The number of carbonyl (C=O) groups excluding carboxylic acids is 1. The molecule has 1 aromatic carbocycles. The number of H-pyrrole nitrogens is 1. The van der Waals surface area contributed by atoms with E-state index in [1.54, 1.807) is 25.2 Å². The Labute approximate surface area is 121 Å². The maximum atomic E-state index is 12.2. The van der Waals surface area contributed by atoms with Crippen LogP contribution >= 0.6 is 11.6 Å². The Morgan fingerprint density at radius 2 is 2.10 bits per heavy atom. The fourth-order valence-corrected chi connectivity index (χ4v) is 1.98. The highest BCUT2D eigenvalue weighted by molar-refractivity contribution is 6.31. The van der Waals surface area contributed by atoms with Gasteiger partial charge in [-0.05, 0) is 29.8 Å². The molecule has 0 aliphatic rings. The SMILES string of the molecule is CN(Cc1cc(N)ccc1Cl)C(=O)c1ccc(=O)[nH]c1. The molecule has 0 aliphatic carbocycles. The van der Waals surface area contributed by atoms with Crippen LogP contribution < -0.4 is 11.3 Å². The molecule has 20 heavy (non-hydrogen) atoms. The lowest BCUT2D eigenvalue weighted by atomic mass is 10.1. The van der Waals surface area contributed by atoms with E-state index in [9.17, 15) is 9.59 Å². The summed E-state index contributed by atoms with van der Waals surface area (Å²) in [7, 11) is 1.66. The standard InChI is InChI=1S/C14H14ClN3O2/c1-18(8-10-6-11(16)3-4-12(10)15)14(20)9-2-5-13(19)17-7-9/h2-7H,8,16H2,1H3,(H,17,19). The van der Waals surface area contributed by atoms with E-state index in [1.807, 2.05) is 0 Å². The number of anilines is 1. The monoisotopic (exact) mass is 291 g/mol. The van der Waals surface area contributed by atoms with E-state index in [0.717, 1.165) is 5.56 Å². The van der Waals surface area contributed by atoms with E-state index in [0.29, 0.717) is 22.8 Å². The number of pyridine rings is 1.